The summed E-state index contributed by atoms with van der Waals surface area (Å²) in [4.78, 5) is 29.5. The second kappa shape index (κ2) is 10.5. The van der Waals surface area contributed by atoms with Crippen LogP contribution < -0.4 is 0 Å². The Morgan fingerprint density at radius 2 is 1.63 bits per heavy atom. The highest BCUT2D eigenvalue weighted by atomic mass is 79.9. The first-order valence-electron chi connectivity index (χ1n) is 14.1. The molecule has 2 N–H and O–H groups in total. The summed E-state index contributed by atoms with van der Waals surface area (Å²) in [7, 11) is 1.39. The predicted molar refractivity (Wildman–Crippen MR) is 177 cm³/mol. The van der Waals surface area contributed by atoms with Crippen LogP contribution in [-0.4, -0.2) is 33.0 Å². The average Bonchev–Trinajstić information content (AvgIpc) is 3.77. The molecule has 2 aliphatic rings. The van der Waals surface area contributed by atoms with Gasteiger partial charge in [-0.05, 0) is 81.7 Å². The van der Waals surface area contributed by atoms with Gasteiger partial charge < -0.3 is 14.7 Å². The Bertz CT molecular complexity index is 2090. The Morgan fingerprint density at radius 1 is 0.837 bits per heavy atom. The Morgan fingerprint density at radius 3 is 2.40 bits per heavy atom. The highest BCUT2D eigenvalue weighted by molar-refractivity contribution is 9.10. The molecule has 0 aliphatic carbocycles. The van der Waals surface area contributed by atoms with Crippen LogP contribution in [0.25, 0.3) is 56.5 Å². The Balaban J connectivity index is 1.56. The molecule has 7 heteroatoms. The fourth-order valence-electron chi connectivity index (χ4n) is 5.82. The number of carbonyl (C=O) groups excluding carboxylic acids is 1. The Hall–Kier alpha value is -4.75. The summed E-state index contributed by atoms with van der Waals surface area (Å²) >= 11 is 3.78. The van der Waals surface area contributed by atoms with Crippen molar-refractivity contribution in [3.05, 3.63) is 118 Å². The van der Waals surface area contributed by atoms with Crippen LogP contribution in [0.3, 0.4) is 0 Å². The molecule has 212 valence electrons. The van der Waals surface area contributed by atoms with Crippen molar-refractivity contribution in [2.24, 2.45) is 0 Å². The van der Waals surface area contributed by atoms with Crippen LogP contribution in [0.1, 0.15) is 47.0 Å². The number of fused-ring (bicyclic) bond motifs is 8. The maximum Gasteiger partial charge on any atom is 0.337 e. The van der Waals surface area contributed by atoms with Gasteiger partial charge in [0.15, 0.2) is 0 Å². The molecule has 0 spiro atoms. The fraction of sp³-hybridized carbons (Fsp3) is 0.139. The lowest BCUT2D eigenvalue weighted by molar-refractivity contribution is 0.0600. The van der Waals surface area contributed by atoms with Gasteiger partial charge in [0, 0.05) is 55.4 Å². The normalized spacial score (nSPS) is 13.7. The number of ether oxygens (including phenoxy) is 1. The van der Waals surface area contributed by atoms with E-state index in [9.17, 15) is 4.79 Å². The van der Waals surface area contributed by atoms with Crippen LogP contribution >= 0.6 is 15.9 Å². The fourth-order valence-corrected chi connectivity index (χ4v) is 6.26. The highest BCUT2D eigenvalue weighted by Gasteiger charge is 2.28. The van der Waals surface area contributed by atoms with Gasteiger partial charge in [0.05, 0.1) is 29.6 Å². The minimum Gasteiger partial charge on any atom is -0.465 e. The second-order valence-electron chi connectivity index (χ2n) is 11.5. The molecular weight excluding hydrogens is 600 g/mol. The number of benzene rings is 2. The van der Waals surface area contributed by atoms with E-state index in [0.717, 1.165) is 78.0 Å². The number of nitrogens with zero attached hydrogens (tertiary/aromatic N) is 2. The van der Waals surface area contributed by atoms with Gasteiger partial charge in [-0.2, -0.15) is 0 Å². The number of esters is 1. The van der Waals surface area contributed by atoms with Crippen molar-refractivity contribution in [3.63, 3.8) is 0 Å². The zero-order chi connectivity index (χ0) is 29.7. The standard InChI is InChI=1S/C36H29BrN4O2/c1-36(2)20-26-17-31-28(37)19-32(41-31)34(22-9-11-23(12-10-22)35(42)43-3)29-14-13-24(38-29)16-30-27(21-7-5-4-6-8-21)15-25(39-30)18-33(36)40-26/h4-19,39,41H,20H2,1-3H3. The maximum atomic E-state index is 12.1. The quantitative estimate of drug-likeness (QED) is 0.192. The molecule has 5 aromatic rings. The molecular formula is C36H29BrN4O2. The molecule has 0 saturated heterocycles. The maximum absolute atomic E-state index is 12.1. The third-order valence-corrected chi connectivity index (χ3v) is 8.67. The molecule has 43 heavy (non-hydrogen) atoms. The van der Waals surface area contributed by atoms with E-state index in [4.69, 9.17) is 14.7 Å². The van der Waals surface area contributed by atoms with Crippen LogP contribution in [0.5, 0.6) is 0 Å². The zero-order valence-electron chi connectivity index (χ0n) is 24.0. The largest absolute Gasteiger partial charge is 0.465 e. The zero-order valence-corrected chi connectivity index (χ0v) is 25.6. The van der Waals surface area contributed by atoms with Crippen LogP contribution in [-0.2, 0) is 16.6 Å². The second-order valence-corrected chi connectivity index (χ2v) is 12.4. The van der Waals surface area contributed by atoms with E-state index in [1.165, 1.54) is 7.11 Å². The van der Waals surface area contributed by atoms with Gasteiger partial charge in [-0.25, -0.2) is 9.78 Å². The van der Waals surface area contributed by atoms with Crippen molar-refractivity contribution in [3.8, 4) is 22.3 Å². The number of aromatic amines is 2. The number of rotatable bonds is 3. The van der Waals surface area contributed by atoms with Crippen molar-refractivity contribution in [2.45, 2.75) is 25.7 Å². The number of hydrogen-bond acceptors (Lipinski definition) is 4. The molecule has 2 aromatic carbocycles. The predicted octanol–water partition coefficient (Wildman–Crippen LogP) is 8.89. The summed E-state index contributed by atoms with van der Waals surface area (Å²) in [6, 6.07) is 28.5. The molecule has 3 aromatic heterocycles. The summed E-state index contributed by atoms with van der Waals surface area (Å²) in [5.41, 5.74) is 12.0. The highest BCUT2D eigenvalue weighted by Crippen LogP contribution is 2.36. The minimum atomic E-state index is -0.370. The lowest BCUT2D eigenvalue weighted by atomic mass is 9.87. The number of aromatic nitrogens is 4. The van der Waals surface area contributed by atoms with Crippen molar-refractivity contribution >= 4 is 56.1 Å². The van der Waals surface area contributed by atoms with E-state index in [2.05, 4.69) is 94.3 Å². The molecule has 0 atom stereocenters. The van der Waals surface area contributed by atoms with Gasteiger partial charge in [-0.3, -0.25) is 4.98 Å². The molecule has 0 amide bonds. The van der Waals surface area contributed by atoms with Gasteiger partial charge in [-0.15, -0.1) is 0 Å². The molecule has 8 bridgehead atoms. The van der Waals surface area contributed by atoms with Crippen molar-refractivity contribution < 1.29 is 9.53 Å². The SMILES string of the molecule is COC(=O)c1ccc(-c2c3nc(cc4[nH]c(cc5nc(cc6[nH]c2cc6Br)CC5(C)C)cc4-c2ccccc2)C=C3)cc1. The van der Waals surface area contributed by atoms with E-state index in [1.54, 1.807) is 12.1 Å². The van der Waals surface area contributed by atoms with Gasteiger partial charge in [0.2, 0.25) is 0 Å². The van der Waals surface area contributed by atoms with E-state index in [0.29, 0.717) is 5.56 Å². The smallest absolute Gasteiger partial charge is 0.337 e. The molecule has 0 fully saturated rings. The number of H-pyrrole nitrogens is 2. The first-order valence-corrected chi connectivity index (χ1v) is 14.9. The van der Waals surface area contributed by atoms with Crippen molar-refractivity contribution in [2.75, 3.05) is 7.11 Å². The van der Waals surface area contributed by atoms with Crippen LogP contribution in [0.15, 0.2) is 89.4 Å². The number of carbonyl (C=O) groups is 1. The molecule has 0 unspecified atom stereocenters. The summed E-state index contributed by atoms with van der Waals surface area (Å²) in [5, 5.41) is 0. The van der Waals surface area contributed by atoms with Gasteiger partial charge in [-0.1, -0.05) is 56.3 Å². The number of halogens is 1. The molecule has 2 aliphatic heterocycles. The van der Waals surface area contributed by atoms with E-state index in [1.807, 2.05) is 30.4 Å². The third-order valence-electron chi connectivity index (χ3n) is 8.01. The number of hydrogen-bond donors (Lipinski definition) is 2. The molecule has 5 heterocycles. The van der Waals surface area contributed by atoms with Gasteiger partial charge >= 0.3 is 5.97 Å². The van der Waals surface area contributed by atoms with Gasteiger partial charge in [0.25, 0.3) is 0 Å². The van der Waals surface area contributed by atoms with Crippen LogP contribution in [0.2, 0.25) is 0 Å². The summed E-state index contributed by atoms with van der Waals surface area (Å²) in [5.74, 6) is -0.370. The third kappa shape index (κ3) is 5.10. The lowest BCUT2D eigenvalue weighted by Gasteiger charge is -2.15. The molecule has 7 rings (SSSR count). The summed E-state index contributed by atoms with van der Waals surface area (Å²) < 4.78 is 5.85. The summed E-state index contributed by atoms with van der Waals surface area (Å²) in [6.45, 7) is 4.47. The lowest BCUT2D eigenvalue weighted by Crippen LogP contribution is -2.14. The van der Waals surface area contributed by atoms with E-state index < -0.39 is 0 Å². The molecule has 0 saturated carbocycles. The van der Waals surface area contributed by atoms with Crippen LogP contribution in [0.4, 0.5) is 0 Å². The van der Waals surface area contributed by atoms with E-state index >= 15 is 0 Å². The average molecular weight is 630 g/mol. The first-order chi connectivity index (χ1) is 20.8. The topological polar surface area (TPSA) is 83.7 Å². The molecule has 0 radical (unpaired) electrons. The van der Waals surface area contributed by atoms with Crippen molar-refractivity contribution in [1.29, 1.82) is 0 Å². The van der Waals surface area contributed by atoms with Crippen molar-refractivity contribution in [1.82, 2.24) is 19.9 Å². The monoisotopic (exact) mass is 628 g/mol. The van der Waals surface area contributed by atoms with Gasteiger partial charge in [0.1, 0.15) is 0 Å². The first kappa shape index (κ1) is 27.1. The number of methoxy groups -OCH3 is 1. The van der Waals surface area contributed by atoms with E-state index in [-0.39, 0.29) is 11.4 Å². The minimum absolute atomic E-state index is 0.121. The molecule has 6 nitrogen and oxygen atoms in total. The van der Waals surface area contributed by atoms with Crippen LogP contribution in [0, 0.1) is 0 Å². The Kier molecular flexibility index (Phi) is 6.62. The summed E-state index contributed by atoms with van der Waals surface area (Å²) in [6.07, 6.45) is 4.89. The number of nitrogens with one attached hydrogen (secondary N) is 2. The Labute approximate surface area is 257 Å².